The molecule has 0 radical (unpaired) electrons. The Morgan fingerprint density at radius 1 is 0.895 bits per heavy atom. The summed E-state index contributed by atoms with van der Waals surface area (Å²) in [5.41, 5.74) is 4.36. The third kappa shape index (κ3) is 2.33. The molecule has 0 fully saturated rings. The summed E-state index contributed by atoms with van der Waals surface area (Å²) in [7, 11) is 0. The molecule has 0 N–H and O–H groups in total. The fraction of sp³-hybridized carbons (Fsp3) is 0.0625. The van der Waals surface area contributed by atoms with E-state index in [4.69, 9.17) is 4.98 Å². The van der Waals surface area contributed by atoms with Crippen LogP contribution in [0.1, 0.15) is 5.56 Å². The number of hydrogen-bond acceptors (Lipinski definition) is 1. The Bertz CT molecular complexity index is 749. The van der Waals surface area contributed by atoms with Crippen molar-refractivity contribution in [1.29, 1.82) is 0 Å². The summed E-state index contributed by atoms with van der Waals surface area (Å²) in [4.78, 5) is 4.77. The minimum absolute atomic E-state index is 0.990. The number of para-hydroxylation sites is 1. The van der Waals surface area contributed by atoms with Gasteiger partial charge < -0.3 is 0 Å². The number of aromatic nitrogens is 1. The van der Waals surface area contributed by atoms with E-state index in [9.17, 15) is 0 Å². The first-order valence-corrected chi connectivity index (χ1v) is 7.56. The van der Waals surface area contributed by atoms with Gasteiger partial charge in [-0.25, -0.2) is 4.98 Å². The van der Waals surface area contributed by atoms with Gasteiger partial charge in [0.2, 0.25) is 0 Å². The second-order valence-corrected chi connectivity index (χ2v) is 6.13. The lowest BCUT2D eigenvalue weighted by atomic mass is 10.1. The molecule has 94 valence electrons. The van der Waals surface area contributed by atoms with E-state index in [-0.39, 0.29) is 0 Å². The molecule has 2 aromatic carbocycles. The monoisotopic (exact) mass is 375 g/mol. The number of pyridine rings is 1. The molecular weight excluding hydrogens is 366 g/mol. The van der Waals surface area contributed by atoms with Crippen LogP contribution in [0.25, 0.3) is 22.2 Å². The van der Waals surface area contributed by atoms with Crippen molar-refractivity contribution < 1.29 is 0 Å². The first kappa shape index (κ1) is 12.8. The maximum atomic E-state index is 4.77. The first-order valence-electron chi connectivity index (χ1n) is 5.97. The van der Waals surface area contributed by atoms with Gasteiger partial charge in [0.15, 0.2) is 0 Å². The average molecular weight is 377 g/mol. The fourth-order valence-electron chi connectivity index (χ4n) is 2.15. The molecule has 1 nitrogen and oxygen atoms in total. The highest BCUT2D eigenvalue weighted by Crippen LogP contribution is 2.33. The maximum Gasteiger partial charge on any atom is 0.0854 e. The summed E-state index contributed by atoms with van der Waals surface area (Å²) < 4.78 is 2.14. The van der Waals surface area contributed by atoms with Gasteiger partial charge in [-0.15, -0.1) is 0 Å². The van der Waals surface area contributed by atoms with Crippen LogP contribution >= 0.6 is 31.9 Å². The van der Waals surface area contributed by atoms with Crippen molar-refractivity contribution in [3.05, 3.63) is 63.0 Å². The van der Waals surface area contributed by atoms with Gasteiger partial charge in [-0.05, 0) is 46.6 Å². The van der Waals surface area contributed by atoms with E-state index < -0.39 is 0 Å². The molecule has 0 saturated carbocycles. The second kappa shape index (κ2) is 5.06. The van der Waals surface area contributed by atoms with E-state index in [0.29, 0.717) is 0 Å². The number of rotatable bonds is 1. The zero-order valence-electron chi connectivity index (χ0n) is 10.3. The van der Waals surface area contributed by atoms with Crippen LogP contribution in [0, 0.1) is 6.92 Å². The van der Waals surface area contributed by atoms with Crippen molar-refractivity contribution in [3.8, 4) is 11.3 Å². The minimum atomic E-state index is 0.990. The number of fused-ring (bicyclic) bond motifs is 1. The largest absolute Gasteiger partial charge is 0.247 e. The molecule has 3 rings (SSSR count). The van der Waals surface area contributed by atoms with E-state index in [1.807, 2.05) is 24.3 Å². The summed E-state index contributed by atoms with van der Waals surface area (Å²) in [6.07, 6.45) is 0. The van der Waals surface area contributed by atoms with Crippen molar-refractivity contribution in [1.82, 2.24) is 4.98 Å². The van der Waals surface area contributed by atoms with Crippen LogP contribution in [0.4, 0.5) is 0 Å². The number of benzene rings is 2. The topological polar surface area (TPSA) is 12.9 Å². The van der Waals surface area contributed by atoms with Crippen LogP contribution in [0.5, 0.6) is 0 Å². The van der Waals surface area contributed by atoms with E-state index >= 15 is 0 Å². The minimum Gasteiger partial charge on any atom is -0.247 e. The molecule has 1 heterocycles. The Kier molecular flexibility index (Phi) is 3.42. The molecule has 19 heavy (non-hydrogen) atoms. The molecular formula is C16H11Br2N. The third-order valence-electron chi connectivity index (χ3n) is 3.20. The third-order valence-corrected chi connectivity index (χ3v) is 4.69. The number of nitrogens with zero attached hydrogens (tertiary/aromatic N) is 1. The predicted molar refractivity (Wildman–Crippen MR) is 87.3 cm³/mol. The predicted octanol–water partition coefficient (Wildman–Crippen LogP) is 5.74. The Balaban J connectivity index is 2.29. The highest BCUT2D eigenvalue weighted by molar-refractivity contribution is 9.10. The molecule has 3 heteroatoms. The second-order valence-electron chi connectivity index (χ2n) is 4.42. The van der Waals surface area contributed by atoms with Gasteiger partial charge in [0.05, 0.1) is 11.2 Å². The van der Waals surface area contributed by atoms with Crippen LogP contribution in [0.2, 0.25) is 0 Å². The lowest BCUT2D eigenvalue weighted by Crippen LogP contribution is -1.91. The Hall–Kier alpha value is -1.19. The summed E-state index contributed by atoms with van der Waals surface area (Å²) in [6.45, 7) is 2.12. The molecule has 0 atom stereocenters. The summed E-state index contributed by atoms with van der Waals surface area (Å²) in [5, 5.41) is 1.19. The molecule has 0 unspecified atom stereocenters. The number of hydrogen-bond donors (Lipinski definition) is 0. The van der Waals surface area contributed by atoms with E-state index in [0.717, 1.165) is 25.7 Å². The summed E-state index contributed by atoms with van der Waals surface area (Å²) in [6, 6.07) is 16.4. The summed E-state index contributed by atoms with van der Waals surface area (Å²) >= 11 is 7.14. The van der Waals surface area contributed by atoms with E-state index in [1.165, 1.54) is 10.9 Å². The molecule has 0 saturated heterocycles. The Morgan fingerprint density at radius 3 is 2.32 bits per heavy atom. The van der Waals surface area contributed by atoms with Crippen molar-refractivity contribution in [2.75, 3.05) is 0 Å². The summed E-state index contributed by atoms with van der Waals surface area (Å²) in [5.74, 6) is 0. The quantitative estimate of drug-likeness (QED) is 0.528. The van der Waals surface area contributed by atoms with Crippen molar-refractivity contribution >= 4 is 42.8 Å². The zero-order valence-corrected chi connectivity index (χ0v) is 13.5. The lowest BCUT2D eigenvalue weighted by Gasteiger charge is -2.10. The number of aryl methyl sites for hydroxylation is 1. The van der Waals surface area contributed by atoms with Crippen LogP contribution in [0.15, 0.2) is 57.5 Å². The molecule has 0 bridgehead atoms. The normalized spacial score (nSPS) is 10.9. The van der Waals surface area contributed by atoms with Crippen LogP contribution in [-0.2, 0) is 0 Å². The Labute approximate surface area is 128 Å². The Morgan fingerprint density at radius 2 is 1.58 bits per heavy atom. The average Bonchev–Trinajstić information content (AvgIpc) is 2.44. The van der Waals surface area contributed by atoms with Gasteiger partial charge >= 0.3 is 0 Å². The van der Waals surface area contributed by atoms with E-state index in [2.05, 4.69) is 63.0 Å². The molecule has 0 spiro atoms. The van der Waals surface area contributed by atoms with Crippen molar-refractivity contribution in [2.45, 2.75) is 6.92 Å². The molecule has 0 amide bonds. The van der Waals surface area contributed by atoms with E-state index in [1.54, 1.807) is 0 Å². The maximum absolute atomic E-state index is 4.77. The fourth-order valence-corrected chi connectivity index (χ4v) is 2.95. The highest BCUT2D eigenvalue weighted by Gasteiger charge is 2.11. The van der Waals surface area contributed by atoms with Crippen LogP contribution < -0.4 is 0 Å². The van der Waals surface area contributed by atoms with Crippen LogP contribution in [0.3, 0.4) is 0 Å². The van der Waals surface area contributed by atoms with Gasteiger partial charge in [0.1, 0.15) is 0 Å². The van der Waals surface area contributed by atoms with Gasteiger partial charge in [0.25, 0.3) is 0 Å². The van der Waals surface area contributed by atoms with Gasteiger partial charge in [-0.2, -0.15) is 0 Å². The molecule has 0 aliphatic heterocycles. The first-order chi connectivity index (χ1) is 9.16. The smallest absolute Gasteiger partial charge is 0.0854 e. The molecule has 0 aliphatic carbocycles. The molecule has 3 aromatic rings. The highest BCUT2D eigenvalue weighted by atomic mass is 79.9. The van der Waals surface area contributed by atoms with Gasteiger partial charge in [-0.1, -0.05) is 46.3 Å². The zero-order chi connectivity index (χ0) is 13.4. The molecule has 1 aromatic heterocycles. The lowest BCUT2D eigenvalue weighted by molar-refractivity contribution is 1.33. The number of halogens is 2. The van der Waals surface area contributed by atoms with Crippen molar-refractivity contribution in [2.24, 2.45) is 0 Å². The standard InChI is InChI=1S/C16H11Br2N/c1-10-13-4-2-3-5-14(13)19-16(15(10)18)11-6-8-12(17)9-7-11/h2-9H,1H3. The van der Waals surface area contributed by atoms with Gasteiger partial charge in [-0.3, -0.25) is 0 Å². The van der Waals surface area contributed by atoms with Crippen LogP contribution in [-0.4, -0.2) is 4.98 Å². The van der Waals surface area contributed by atoms with Gasteiger partial charge in [0, 0.05) is 19.9 Å². The van der Waals surface area contributed by atoms with Crippen molar-refractivity contribution in [3.63, 3.8) is 0 Å². The molecule has 0 aliphatic rings. The SMILES string of the molecule is Cc1c(Br)c(-c2ccc(Br)cc2)nc2ccccc12.